The molecule has 0 bridgehead atoms. The van der Waals surface area contributed by atoms with Crippen LogP contribution >= 0.6 is 0 Å². The summed E-state index contributed by atoms with van der Waals surface area (Å²) in [5.74, 6) is 1.96. The van der Waals surface area contributed by atoms with Crippen LogP contribution in [0.4, 0.5) is 0 Å². The molecule has 0 spiro atoms. The predicted octanol–water partition coefficient (Wildman–Crippen LogP) is 4.77. The van der Waals surface area contributed by atoms with E-state index >= 15 is 0 Å². The number of rotatable bonds is 5. The third kappa shape index (κ3) is 3.91. The zero-order valence-corrected chi connectivity index (χ0v) is 18.0. The smallest absolute Gasteiger partial charge is 0.225 e. The molecule has 1 amide bonds. The highest BCUT2D eigenvalue weighted by Gasteiger charge is 2.41. The van der Waals surface area contributed by atoms with Crippen LogP contribution in [0.2, 0.25) is 0 Å². The average Bonchev–Trinajstić information content (AvgIpc) is 3.51. The summed E-state index contributed by atoms with van der Waals surface area (Å²) in [6, 6.07) is 10.1. The molecule has 3 nitrogen and oxygen atoms in total. The number of nitrogens with zero attached hydrogens (tertiary/aromatic N) is 2. The van der Waals surface area contributed by atoms with Crippen molar-refractivity contribution in [1.29, 1.82) is 0 Å². The second-order valence-corrected chi connectivity index (χ2v) is 9.96. The van der Waals surface area contributed by atoms with Gasteiger partial charge in [0.2, 0.25) is 5.91 Å². The fraction of sp³-hybridized carbons (Fsp3) is 0.654. The summed E-state index contributed by atoms with van der Waals surface area (Å²) in [7, 11) is 0. The van der Waals surface area contributed by atoms with E-state index in [-0.39, 0.29) is 0 Å². The Morgan fingerprint density at radius 3 is 2.55 bits per heavy atom. The molecule has 2 aliphatic carbocycles. The van der Waals surface area contributed by atoms with Gasteiger partial charge in [0.25, 0.3) is 0 Å². The van der Waals surface area contributed by atoms with E-state index in [1.807, 2.05) is 0 Å². The molecule has 29 heavy (non-hydrogen) atoms. The van der Waals surface area contributed by atoms with E-state index in [0.29, 0.717) is 23.7 Å². The molecule has 3 heteroatoms. The molecule has 0 aromatic heterocycles. The molecular weight excluding hydrogens is 356 g/mol. The van der Waals surface area contributed by atoms with Crippen molar-refractivity contribution in [3.05, 3.63) is 41.5 Å². The van der Waals surface area contributed by atoms with Gasteiger partial charge in [0, 0.05) is 37.5 Å². The fourth-order valence-corrected chi connectivity index (χ4v) is 6.30. The molecule has 1 saturated carbocycles. The normalized spacial score (nSPS) is 30.2. The Hall–Kier alpha value is -1.61. The van der Waals surface area contributed by atoms with E-state index in [1.165, 1.54) is 55.5 Å². The lowest BCUT2D eigenvalue weighted by Crippen LogP contribution is -2.34. The van der Waals surface area contributed by atoms with E-state index in [0.717, 1.165) is 44.8 Å². The van der Waals surface area contributed by atoms with Crippen molar-refractivity contribution in [2.45, 2.75) is 64.3 Å². The van der Waals surface area contributed by atoms with Gasteiger partial charge in [-0.1, -0.05) is 43.2 Å². The first-order chi connectivity index (χ1) is 14.2. The van der Waals surface area contributed by atoms with Gasteiger partial charge in [-0.2, -0.15) is 0 Å². The van der Waals surface area contributed by atoms with Crippen LogP contribution in [0.1, 0.15) is 63.0 Å². The van der Waals surface area contributed by atoms with Crippen LogP contribution in [0.3, 0.4) is 0 Å². The van der Waals surface area contributed by atoms with Gasteiger partial charge >= 0.3 is 0 Å². The fourth-order valence-electron chi connectivity index (χ4n) is 6.30. The summed E-state index contributed by atoms with van der Waals surface area (Å²) < 4.78 is 0. The minimum absolute atomic E-state index is 0.318. The highest BCUT2D eigenvalue weighted by Crippen LogP contribution is 2.44. The standard InChI is InChI=1S/C26H36N2O/c1-19-5-4-15-27(19)16-14-20-8-10-21(11-9-20)24-13-12-23-17-28(18-25(23)24)26(29)22-6-2-3-7-22/h8-11,13,19,22-23,25H,2-7,12,14-18H2,1H3/t19-,23-,25+/m1/s1. The van der Waals surface area contributed by atoms with Crippen molar-refractivity contribution in [3.8, 4) is 0 Å². The number of benzene rings is 1. The van der Waals surface area contributed by atoms with E-state index in [2.05, 4.69) is 47.1 Å². The molecule has 4 aliphatic rings. The van der Waals surface area contributed by atoms with Crippen LogP contribution < -0.4 is 0 Å². The maximum absolute atomic E-state index is 12.9. The first-order valence-corrected chi connectivity index (χ1v) is 12.0. The Balaban J connectivity index is 1.19. The van der Waals surface area contributed by atoms with Crippen LogP contribution in [0.5, 0.6) is 0 Å². The third-order valence-corrected chi connectivity index (χ3v) is 8.16. The predicted molar refractivity (Wildman–Crippen MR) is 119 cm³/mol. The Kier molecular flexibility index (Phi) is 5.51. The van der Waals surface area contributed by atoms with E-state index < -0.39 is 0 Å². The third-order valence-electron chi connectivity index (χ3n) is 8.16. The first-order valence-electron chi connectivity index (χ1n) is 12.0. The zero-order chi connectivity index (χ0) is 19.8. The minimum Gasteiger partial charge on any atom is -0.342 e. The monoisotopic (exact) mass is 392 g/mol. The van der Waals surface area contributed by atoms with Crippen molar-refractivity contribution in [1.82, 2.24) is 9.80 Å². The minimum atomic E-state index is 0.318. The van der Waals surface area contributed by atoms with Crippen molar-refractivity contribution in [2.75, 3.05) is 26.2 Å². The number of amides is 1. The largest absolute Gasteiger partial charge is 0.342 e. The summed E-state index contributed by atoms with van der Waals surface area (Å²) in [4.78, 5) is 17.7. The molecule has 1 aromatic rings. The molecule has 3 fully saturated rings. The summed E-state index contributed by atoms with van der Waals surface area (Å²) in [5, 5.41) is 0. The second kappa shape index (κ2) is 8.26. The lowest BCUT2D eigenvalue weighted by Gasteiger charge is -2.22. The molecule has 156 valence electrons. The highest BCUT2D eigenvalue weighted by atomic mass is 16.2. The number of carbonyl (C=O) groups excluding carboxylic acids is 1. The van der Waals surface area contributed by atoms with Gasteiger partial charge in [-0.3, -0.25) is 4.79 Å². The molecule has 0 unspecified atom stereocenters. The van der Waals surface area contributed by atoms with E-state index in [4.69, 9.17) is 0 Å². The summed E-state index contributed by atoms with van der Waals surface area (Å²) >= 11 is 0. The molecule has 2 saturated heterocycles. The van der Waals surface area contributed by atoms with Gasteiger partial charge in [0.05, 0.1) is 0 Å². The van der Waals surface area contributed by atoms with Crippen LogP contribution in [-0.2, 0) is 11.2 Å². The summed E-state index contributed by atoms with van der Waals surface area (Å²) in [6.45, 7) is 6.74. The summed E-state index contributed by atoms with van der Waals surface area (Å²) in [5.41, 5.74) is 4.33. The quantitative estimate of drug-likeness (QED) is 0.721. The number of likely N-dealkylation sites (tertiary alicyclic amines) is 2. The SMILES string of the molecule is C[C@@H]1CCCN1CCc1ccc(C2=CC[C@@H]3CN(C(=O)C4CCCC4)C[C@H]23)cc1. The van der Waals surface area contributed by atoms with Crippen molar-refractivity contribution >= 4 is 11.5 Å². The number of hydrogen-bond acceptors (Lipinski definition) is 2. The van der Waals surface area contributed by atoms with Crippen LogP contribution in [0, 0.1) is 17.8 Å². The van der Waals surface area contributed by atoms with E-state index in [9.17, 15) is 4.79 Å². The van der Waals surface area contributed by atoms with Gasteiger partial charge < -0.3 is 9.80 Å². The van der Waals surface area contributed by atoms with E-state index in [1.54, 1.807) is 0 Å². The maximum Gasteiger partial charge on any atom is 0.225 e. The number of hydrogen-bond donors (Lipinski definition) is 0. The average molecular weight is 393 g/mol. The maximum atomic E-state index is 12.9. The van der Waals surface area contributed by atoms with Crippen molar-refractivity contribution < 1.29 is 4.79 Å². The molecule has 0 radical (unpaired) electrons. The Bertz CT molecular complexity index is 761. The molecule has 1 aromatic carbocycles. The molecule has 0 N–H and O–H groups in total. The molecule has 2 aliphatic heterocycles. The first kappa shape index (κ1) is 19.4. The van der Waals surface area contributed by atoms with Crippen molar-refractivity contribution in [2.24, 2.45) is 17.8 Å². The Morgan fingerprint density at radius 1 is 1.03 bits per heavy atom. The lowest BCUT2D eigenvalue weighted by atomic mass is 9.90. The van der Waals surface area contributed by atoms with Gasteiger partial charge in [-0.05, 0) is 74.6 Å². The number of fused-ring (bicyclic) bond motifs is 1. The van der Waals surface area contributed by atoms with Gasteiger partial charge in [-0.15, -0.1) is 0 Å². The molecular formula is C26H36N2O. The lowest BCUT2D eigenvalue weighted by molar-refractivity contribution is -0.134. The van der Waals surface area contributed by atoms with Crippen LogP contribution in [-0.4, -0.2) is 47.9 Å². The Labute approximate surface area is 176 Å². The second-order valence-electron chi connectivity index (χ2n) is 9.96. The molecule has 5 rings (SSSR count). The summed E-state index contributed by atoms with van der Waals surface area (Å²) in [6.07, 6.45) is 12.2. The molecule has 3 atom stereocenters. The van der Waals surface area contributed by atoms with Crippen LogP contribution in [0.15, 0.2) is 30.3 Å². The van der Waals surface area contributed by atoms with Crippen LogP contribution in [0.25, 0.3) is 5.57 Å². The van der Waals surface area contributed by atoms with Gasteiger partial charge in [-0.25, -0.2) is 0 Å². The Morgan fingerprint density at radius 2 is 1.83 bits per heavy atom. The zero-order valence-electron chi connectivity index (χ0n) is 18.0. The van der Waals surface area contributed by atoms with Crippen molar-refractivity contribution in [3.63, 3.8) is 0 Å². The number of allylic oxidation sites excluding steroid dienone is 1. The topological polar surface area (TPSA) is 23.6 Å². The molecule has 2 heterocycles. The number of carbonyl (C=O) groups is 1. The highest BCUT2D eigenvalue weighted by molar-refractivity contribution is 5.81. The van der Waals surface area contributed by atoms with Gasteiger partial charge in [0.15, 0.2) is 0 Å². The van der Waals surface area contributed by atoms with Gasteiger partial charge in [0.1, 0.15) is 0 Å².